The zero-order chi connectivity index (χ0) is 17.9. The standard InChI is InChI=1S/C23H19BrOS/c1-16-11-22(25-15-17-7-3-2-4-8-17)21(24)14-19(16)13-20-12-18-9-5-6-10-23(18)26-20/h2-12,14H,13,15H2,1H3. The van der Waals surface area contributed by atoms with E-state index in [0.29, 0.717) is 6.61 Å². The third-order valence-electron chi connectivity index (χ3n) is 4.47. The van der Waals surface area contributed by atoms with Crippen LogP contribution in [0.2, 0.25) is 0 Å². The van der Waals surface area contributed by atoms with Gasteiger partial charge in [-0.25, -0.2) is 0 Å². The zero-order valence-corrected chi connectivity index (χ0v) is 16.9. The van der Waals surface area contributed by atoms with Crippen LogP contribution in [0.3, 0.4) is 0 Å². The molecule has 0 N–H and O–H groups in total. The largest absolute Gasteiger partial charge is 0.488 e. The van der Waals surface area contributed by atoms with Gasteiger partial charge in [-0.05, 0) is 69.2 Å². The Bertz CT molecular complexity index is 1000. The predicted molar refractivity (Wildman–Crippen MR) is 114 cm³/mol. The van der Waals surface area contributed by atoms with E-state index in [-0.39, 0.29) is 0 Å². The first-order chi connectivity index (χ1) is 12.7. The molecule has 3 heteroatoms. The summed E-state index contributed by atoms with van der Waals surface area (Å²) < 4.78 is 8.37. The number of halogens is 1. The van der Waals surface area contributed by atoms with Crippen molar-refractivity contribution in [1.29, 1.82) is 0 Å². The lowest BCUT2D eigenvalue weighted by atomic mass is 10.0. The molecule has 0 saturated carbocycles. The molecule has 0 aliphatic heterocycles. The van der Waals surface area contributed by atoms with Crippen molar-refractivity contribution in [1.82, 2.24) is 0 Å². The maximum absolute atomic E-state index is 6.01. The van der Waals surface area contributed by atoms with Crippen molar-refractivity contribution < 1.29 is 4.74 Å². The van der Waals surface area contributed by atoms with Crippen molar-refractivity contribution in [3.63, 3.8) is 0 Å². The minimum atomic E-state index is 0.578. The van der Waals surface area contributed by atoms with Crippen LogP contribution in [0, 0.1) is 6.92 Å². The summed E-state index contributed by atoms with van der Waals surface area (Å²) in [7, 11) is 0. The molecule has 0 atom stereocenters. The van der Waals surface area contributed by atoms with Crippen molar-refractivity contribution in [3.8, 4) is 5.75 Å². The molecular weight excluding hydrogens is 404 g/mol. The molecule has 1 nitrogen and oxygen atoms in total. The maximum atomic E-state index is 6.01. The Morgan fingerprint density at radius 1 is 0.923 bits per heavy atom. The van der Waals surface area contributed by atoms with Crippen LogP contribution >= 0.6 is 27.3 Å². The molecule has 4 rings (SSSR count). The van der Waals surface area contributed by atoms with Gasteiger partial charge in [0.2, 0.25) is 0 Å². The first kappa shape index (κ1) is 17.3. The number of rotatable bonds is 5. The molecule has 0 aliphatic rings. The molecule has 0 fully saturated rings. The van der Waals surface area contributed by atoms with Gasteiger partial charge in [0.05, 0.1) is 4.47 Å². The van der Waals surface area contributed by atoms with E-state index in [1.165, 1.54) is 31.7 Å². The fraction of sp³-hybridized carbons (Fsp3) is 0.130. The third kappa shape index (κ3) is 3.84. The Morgan fingerprint density at radius 2 is 1.69 bits per heavy atom. The van der Waals surface area contributed by atoms with Crippen molar-refractivity contribution in [2.45, 2.75) is 20.0 Å². The summed E-state index contributed by atoms with van der Waals surface area (Å²) in [5.41, 5.74) is 3.76. The molecule has 0 radical (unpaired) electrons. The average molecular weight is 423 g/mol. The molecule has 1 heterocycles. The smallest absolute Gasteiger partial charge is 0.134 e. The molecule has 0 aliphatic carbocycles. The van der Waals surface area contributed by atoms with E-state index in [4.69, 9.17) is 4.74 Å². The fourth-order valence-electron chi connectivity index (χ4n) is 3.04. The highest BCUT2D eigenvalue weighted by Gasteiger charge is 2.10. The Labute approximate surface area is 166 Å². The fourth-order valence-corrected chi connectivity index (χ4v) is 4.64. The lowest BCUT2D eigenvalue weighted by Crippen LogP contribution is -1.98. The highest BCUT2D eigenvalue weighted by molar-refractivity contribution is 9.10. The highest BCUT2D eigenvalue weighted by Crippen LogP contribution is 2.33. The lowest BCUT2D eigenvalue weighted by Gasteiger charge is -2.12. The minimum absolute atomic E-state index is 0.578. The number of thiophene rings is 1. The van der Waals surface area contributed by atoms with Gasteiger partial charge in [-0.2, -0.15) is 0 Å². The van der Waals surface area contributed by atoms with Gasteiger partial charge < -0.3 is 4.74 Å². The maximum Gasteiger partial charge on any atom is 0.134 e. The Morgan fingerprint density at radius 3 is 2.50 bits per heavy atom. The Balaban J connectivity index is 1.53. The number of hydrogen-bond donors (Lipinski definition) is 0. The SMILES string of the molecule is Cc1cc(OCc2ccccc2)c(Br)cc1Cc1cc2ccccc2s1. The second-order valence-corrected chi connectivity index (χ2v) is 8.43. The van der Waals surface area contributed by atoms with Gasteiger partial charge in [-0.3, -0.25) is 0 Å². The van der Waals surface area contributed by atoms with Gasteiger partial charge in [0.15, 0.2) is 0 Å². The van der Waals surface area contributed by atoms with E-state index in [1.54, 1.807) is 0 Å². The van der Waals surface area contributed by atoms with Crippen LogP contribution in [0.1, 0.15) is 21.6 Å². The Kier molecular flexibility index (Phi) is 5.09. The number of aryl methyl sites for hydroxylation is 1. The molecule has 0 unspecified atom stereocenters. The molecule has 0 amide bonds. The van der Waals surface area contributed by atoms with Crippen LogP contribution in [0.5, 0.6) is 5.75 Å². The van der Waals surface area contributed by atoms with Crippen molar-refractivity contribution in [2.24, 2.45) is 0 Å². The van der Waals surface area contributed by atoms with E-state index >= 15 is 0 Å². The summed E-state index contributed by atoms with van der Waals surface area (Å²) in [5.74, 6) is 0.895. The molecule has 4 aromatic rings. The monoisotopic (exact) mass is 422 g/mol. The van der Waals surface area contributed by atoms with Gasteiger partial charge in [0.1, 0.15) is 12.4 Å². The van der Waals surface area contributed by atoms with E-state index in [1.807, 2.05) is 29.5 Å². The highest BCUT2D eigenvalue weighted by atomic mass is 79.9. The molecule has 130 valence electrons. The molecule has 0 saturated heterocycles. The average Bonchev–Trinajstić information content (AvgIpc) is 3.06. The Hall–Kier alpha value is -2.10. The lowest BCUT2D eigenvalue weighted by molar-refractivity contribution is 0.304. The van der Waals surface area contributed by atoms with E-state index in [2.05, 4.69) is 77.5 Å². The third-order valence-corrected chi connectivity index (χ3v) is 6.20. The molecule has 26 heavy (non-hydrogen) atoms. The van der Waals surface area contributed by atoms with Crippen molar-refractivity contribution >= 4 is 37.4 Å². The summed E-state index contributed by atoms with van der Waals surface area (Å²) in [6.07, 6.45) is 0.947. The van der Waals surface area contributed by atoms with Gasteiger partial charge in [0.25, 0.3) is 0 Å². The van der Waals surface area contributed by atoms with Crippen LogP contribution in [0.4, 0.5) is 0 Å². The predicted octanol–water partition coefficient (Wildman–Crippen LogP) is 7.14. The van der Waals surface area contributed by atoms with E-state index in [9.17, 15) is 0 Å². The summed E-state index contributed by atoms with van der Waals surface area (Å²) in [5, 5.41) is 1.33. The summed E-state index contributed by atoms with van der Waals surface area (Å²) in [6.45, 7) is 2.74. The van der Waals surface area contributed by atoms with Gasteiger partial charge in [-0.1, -0.05) is 48.5 Å². The number of fused-ring (bicyclic) bond motifs is 1. The summed E-state index contributed by atoms with van der Waals surface area (Å²) >= 11 is 5.55. The number of hydrogen-bond acceptors (Lipinski definition) is 2. The quantitative estimate of drug-likeness (QED) is 0.331. The van der Waals surface area contributed by atoms with E-state index < -0.39 is 0 Å². The van der Waals surface area contributed by atoms with Gasteiger partial charge >= 0.3 is 0 Å². The molecule has 1 aromatic heterocycles. The summed E-state index contributed by atoms with van der Waals surface area (Å²) in [4.78, 5) is 1.39. The first-order valence-corrected chi connectivity index (χ1v) is 10.2. The molecule has 0 bridgehead atoms. The van der Waals surface area contributed by atoms with E-state index in [0.717, 1.165) is 16.6 Å². The van der Waals surface area contributed by atoms with Gasteiger partial charge in [0, 0.05) is 16.0 Å². The second-order valence-electron chi connectivity index (χ2n) is 6.41. The van der Waals surface area contributed by atoms with Crippen LogP contribution in [-0.4, -0.2) is 0 Å². The molecule has 0 spiro atoms. The first-order valence-electron chi connectivity index (χ1n) is 8.62. The molecular formula is C23H19BrOS. The zero-order valence-electron chi connectivity index (χ0n) is 14.5. The van der Waals surface area contributed by atoms with Crippen LogP contribution < -0.4 is 4.74 Å². The molecule has 3 aromatic carbocycles. The number of benzene rings is 3. The number of ether oxygens (including phenoxy) is 1. The van der Waals surface area contributed by atoms with Crippen molar-refractivity contribution in [2.75, 3.05) is 0 Å². The topological polar surface area (TPSA) is 9.23 Å². The second kappa shape index (κ2) is 7.65. The normalized spacial score (nSPS) is 11.0. The summed E-state index contributed by atoms with van der Waals surface area (Å²) in [6, 6.07) is 25.4. The van der Waals surface area contributed by atoms with Crippen LogP contribution in [0.25, 0.3) is 10.1 Å². The minimum Gasteiger partial charge on any atom is -0.488 e. The van der Waals surface area contributed by atoms with Gasteiger partial charge in [-0.15, -0.1) is 11.3 Å². The van der Waals surface area contributed by atoms with Crippen LogP contribution in [-0.2, 0) is 13.0 Å². The van der Waals surface area contributed by atoms with Crippen molar-refractivity contribution in [3.05, 3.63) is 98.8 Å². The van der Waals surface area contributed by atoms with Crippen LogP contribution in [0.15, 0.2) is 77.3 Å².